The molecule has 3 rings (SSSR count). The SMILES string of the molecule is COc1cn(CC(=O)NCC(NC(=O)c2ccc(F)c(O)c2)c2ccc(F)cc2)c(C)cc1=O. The number of benzene rings is 2. The highest BCUT2D eigenvalue weighted by Gasteiger charge is 2.18. The molecule has 2 amide bonds. The predicted molar refractivity (Wildman–Crippen MR) is 120 cm³/mol. The van der Waals surface area contributed by atoms with Gasteiger partial charge in [-0.3, -0.25) is 14.4 Å². The minimum Gasteiger partial charge on any atom is -0.505 e. The van der Waals surface area contributed by atoms with Crippen LogP contribution in [-0.2, 0) is 11.3 Å². The number of hydrogen-bond acceptors (Lipinski definition) is 5. The zero-order chi connectivity index (χ0) is 24.8. The highest BCUT2D eigenvalue weighted by atomic mass is 19.1. The number of carbonyl (C=O) groups is 2. The Balaban J connectivity index is 1.74. The van der Waals surface area contributed by atoms with Crippen molar-refractivity contribution in [1.82, 2.24) is 15.2 Å². The lowest BCUT2D eigenvalue weighted by atomic mass is 10.1. The van der Waals surface area contributed by atoms with Gasteiger partial charge in [-0.15, -0.1) is 0 Å². The molecule has 1 heterocycles. The molecule has 0 radical (unpaired) electrons. The maximum atomic E-state index is 13.4. The van der Waals surface area contributed by atoms with Crippen molar-refractivity contribution < 1.29 is 28.2 Å². The Morgan fingerprint density at radius 3 is 2.47 bits per heavy atom. The molecule has 1 aromatic heterocycles. The summed E-state index contributed by atoms with van der Waals surface area (Å²) in [6.07, 6.45) is 1.43. The number of ether oxygens (including phenoxy) is 1. The maximum absolute atomic E-state index is 13.4. The van der Waals surface area contributed by atoms with Gasteiger partial charge in [-0.2, -0.15) is 0 Å². The average molecular weight is 471 g/mol. The molecule has 1 unspecified atom stereocenters. The van der Waals surface area contributed by atoms with Crippen molar-refractivity contribution >= 4 is 11.8 Å². The first kappa shape index (κ1) is 24.4. The number of hydrogen-bond donors (Lipinski definition) is 3. The van der Waals surface area contributed by atoms with E-state index in [1.807, 2.05) is 0 Å². The zero-order valence-electron chi connectivity index (χ0n) is 18.5. The van der Waals surface area contributed by atoms with Gasteiger partial charge in [0.25, 0.3) is 5.91 Å². The number of amides is 2. The Bertz CT molecular complexity index is 1260. The molecule has 10 heteroatoms. The highest BCUT2D eigenvalue weighted by Crippen LogP contribution is 2.19. The van der Waals surface area contributed by atoms with Crippen LogP contribution < -0.4 is 20.8 Å². The van der Waals surface area contributed by atoms with Crippen LogP contribution in [0.2, 0.25) is 0 Å². The van der Waals surface area contributed by atoms with E-state index in [0.717, 1.165) is 12.1 Å². The average Bonchev–Trinajstić information content (AvgIpc) is 2.80. The van der Waals surface area contributed by atoms with Crippen molar-refractivity contribution in [3.05, 3.63) is 93.4 Å². The van der Waals surface area contributed by atoms with Crippen molar-refractivity contribution in [2.75, 3.05) is 13.7 Å². The number of phenolic OH excluding ortho intramolecular Hbond substituents is 1. The van der Waals surface area contributed by atoms with E-state index >= 15 is 0 Å². The number of aromatic hydroxyl groups is 1. The molecule has 2 aromatic carbocycles. The summed E-state index contributed by atoms with van der Waals surface area (Å²) in [4.78, 5) is 37.1. The number of nitrogens with zero attached hydrogens (tertiary/aromatic N) is 1. The van der Waals surface area contributed by atoms with Gasteiger partial charge in [0, 0.05) is 23.9 Å². The van der Waals surface area contributed by atoms with Gasteiger partial charge < -0.3 is 25.0 Å². The van der Waals surface area contributed by atoms with Crippen molar-refractivity contribution in [3.63, 3.8) is 0 Å². The molecule has 3 aromatic rings. The van der Waals surface area contributed by atoms with Gasteiger partial charge >= 0.3 is 0 Å². The number of nitrogens with one attached hydrogen (secondary N) is 2. The third-order valence-electron chi connectivity index (χ3n) is 5.13. The van der Waals surface area contributed by atoms with Crippen LogP contribution in [0, 0.1) is 18.6 Å². The van der Waals surface area contributed by atoms with Crippen LogP contribution in [0.1, 0.15) is 27.7 Å². The van der Waals surface area contributed by atoms with Crippen LogP contribution in [0.4, 0.5) is 8.78 Å². The Kier molecular flexibility index (Phi) is 7.62. The summed E-state index contributed by atoms with van der Waals surface area (Å²) >= 11 is 0. The molecule has 0 spiro atoms. The van der Waals surface area contributed by atoms with Gasteiger partial charge in [-0.1, -0.05) is 12.1 Å². The minimum absolute atomic E-state index is 0.00770. The first-order chi connectivity index (χ1) is 16.2. The summed E-state index contributed by atoms with van der Waals surface area (Å²) in [6.45, 7) is 1.52. The van der Waals surface area contributed by atoms with E-state index in [9.17, 15) is 28.3 Å². The molecule has 0 saturated carbocycles. The summed E-state index contributed by atoms with van der Waals surface area (Å²) in [5.74, 6) is -2.95. The number of carbonyl (C=O) groups excluding carboxylic acids is 2. The molecule has 0 bridgehead atoms. The van der Waals surface area contributed by atoms with Crippen molar-refractivity contribution in [3.8, 4) is 11.5 Å². The first-order valence-corrected chi connectivity index (χ1v) is 10.2. The van der Waals surface area contributed by atoms with E-state index in [0.29, 0.717) is 11.3 Å². The molecule has 178 valence electrons. The summed E-state index contributed by atoms with van der Waals surface area (Å²) in [7, 11) is 1.35. The lowest BCUT2D eigenvalue weighted by Crippen LogP contribution is -2.39. The second-order valence-corrected chi connectivity index (χ2v) is 7.52. The summed E-state index contributed by atoms with van der Waals surface area (Å²) in [6, 6.07) is 9.11. The quantitative estimate of drug-likeness (QED) is 0.468. The standard InChI is InChI=1S/C24H23F2N3O5/c1-14-9-21(31)22(34-2)12-29(14)13-23(32)27-11-19(15-3-6-17(25)7-4-15)28-24(33)16-5-8-18(26)20(30)10-16/h3-10,12,19,30H,11,13H2,1-2H3,(H,27,32)(H,28,33). The fraction of sp³-hybridized carbons (Fsp3) is 0.208. The molecule has 8 nitrogen and oxygen atoms in total. The number of pyridine rings is 1. The van der Waals surface area contributed by atoms with Crippen LogP contribution >= 0.6 is 0 Å². The van der Waals surface area contributed by atoms with E-state index in [-0.39, 0.29) is 29.8 Å². The van der Waals surface area contributed by atoms with E-state index in [1.54, 1.807) is 11.5 Å². The fourth-order valence-electron chi connectivity index (χ4n) is 3.24. The fourth-order valence-corrected chi connectivity index (χ4v) is 3.24. The number of methoxy groups -OCH3 is 1. The van der Waals surface area contributed by atoms with E-state index < -0.39 is 35.2 Å². The molecule has 3 N–H and O–H groups in total. The third-order valence-corrected chi connectivity index (χ3v) is 5.13. The molecule has 0 saturated heterocycles. The highest BCUT2D eigenvalue weighted by molar-refractivity contribution is 5.94. The number of rotatable bonds is 8. The molecular weight excluding hydrogens is 448 g/mol. The van der Waals surface area contributed by atoms with E-state index in [4.69, 9.17) is 4.74 Å². The van der Waals surface area contributed by atoms with Gasteiger partial charge in [0.2, 0.25) is 11.3 Å². The smallest absolute Gasteiger partial charge is 0.251 e. The number of phenols is 1. The Hall–Kier alpha value is -4.21. The predicted octanol–water partition coefficient (Wildman–Crippen LogP) is 2.44. The van der Waals surface area contributed by atoms with Gasteiger partial charge in [-0.05, 0) is 42.8 Å². The summed E-state index contributed by atoms with van der Waals surface area (Å²) in [5, 5.41) is 14.9. The molecular formula is C24H23F2N3O5. The van der Waals surface area contributed by atoms with Gasteiger partial charge in [0.15, 0.2) is 17.3 Å². The normalized spacial score (nSPS) is 11.5. The van der Waals surface area contributed by atoms with Crippen LogP contribution in [0.25, 0.3) is 0 Å². The van der Waals surface area contributed by atoms with Crippen LogP contribution in [0.5, 0.6) is 11.5 Å². The van der Waals surface area contributed by atoms with Crippen molar-refractivity contribution in [2.24, 2.45) is 0 Å². The largest absolute Gasteiger partial charge is 0.505 e. The molecule has 34 heavy (non-hydrogen) atoms. The van der Waals surface area contributed by atoms with Crippen LogP contribution in [0.15, 0.2) is 59.5 Å². The topological polar surface area (TPSA) is 110 Å². The molecule has 1 atom stereocenters. The van der Waals surface area contributed by atoms with Crippen molar-refractivity contribution in [2.45, 2.75) is 19.5 Å². The van der Waals surface area contributed by atoms with Crippen molar-refractivity contribution in [1.29, 1.82) is 0 Å². The molecule has 0 aliphatic carbocycles. The summed E-state index contributed by atoms with van der Waals surface area (Å²) in [5.41, 5.74) is 0.777. The number of halogens is 2. The Labute approximate surface area is 193 Å². The molecule has 0 aliphatic heterocycles. The molecule has 0 aliphatic rings. The Morgan fingerprint density at radius 1 is 1.12 bits per heavy atom. The summed E-state index contributed by atoms with van der Waals surface area (Å²) < 4.78 is 33.3. The van der Waals surface area contributed by atoms with E-state index in [2.05, 4.69) is 10.6 Å². The third kappa shape index (κ3) is 5.97. The minimum atomic E-state index is -0.867. The first-order valence-electron chi connectivity index (χ1n) is 10.2. The number of aromatic nitrogens is 1. The maximum Gasteiger partial charge on any atom is 0.251 e. The second-order valence-electron chi connectivity index (χ2n) is 7.52. The lowest BCUT2D eigenvalue weighted by Gasteiger charge is -2.21. The van der Waals surface area contributed by atoms with Gasteiger partial charge in [-0.25, -0.2) is 8.78 Å². The van der Waals surface area contributed by atoms with Gasteiger partial charge in [0.05, 0.1) is 19.3 Å². The van der Waals surface area contributed by atoms with Crippen LogP contribution in [-0.4, -0.2) is 35.1 Å². The molecule has 0 fully saturated rings. The Morgan fingerprint density at radius 2 is 1.82 bits per heavy atom. The lowest BCUT2D eigenvalue weighted by molar-refractivity contribution is -0.121. The zero-order valence-corrected chi connectivity index (χ0v) is 18.5. The second kappa shape index (κ2) is 10.6. The number of aryl methyl sites for hydroxylation is 1. The van der Waals surface area contributed by atoms with E-state index in [1.165, 1.54) is 49.7 Å². The van der Waals surface area contributed by atoms with Gasteiger partial charge in [0.1, 0.15) is 12.4 Å². The van der Waals surface area contributed by atoms with Crippen LogP contribution in [0.3, 0.4) is 0 Å². The monoisotopic (exact) mass is 471 g/mol.